The van der Waals surface area contributed by atoms with E-state index in [9.17, 15) is 8.42 Å². The standard InChI is InChI=1S/C6H5AsI2O3S/c8-7(9)5-1-3-6(4-2-5)13(10,11)12/h1-4H,(H,10,11,12). The second-order valence-corrected chi connectivity index (χ2v) is 25.3. The maximum atomic E-state index is 10.7. The molecular weight excluding hydrogens is 481 g/mol. The normalized spacial score (nSPS) is 12.0. The zero-order valence-electron chi connectivity index (χ0n) is 6.18. The Morgan fingerprint density at radius 1 is 1.15 bits per heavy atom. The Hall–Kier alpha value is 1.15. The predicted octanol–water partition coefficient (Wildman–Crippen LogP) is 1.50. The van der Waals surface area contributed by atoms with E-state index in [4.69, 9.17) is 4.55 Å². The fourth-order valence-electron chi connectivity index (χ4n) is 0.731. The van der Waals surface area contributed by atoms with Crippen molar-refractivity contribution in [1.82, 2.24) is 0 Å². The second kappa shape index (κ2) is 4.78. The van der Waals surface area contributed by atoms with E-state index in [1.54, 1.807) is 12.1 Å². The van der Waals surface area contributed by atoms with Crippen LogP contribution < -0.4 is 4.35 Å². The first-order chi connectivity index (χ1) is 5.91. The summed E-state index contributed by atoms with van der Waals surface area (Å²) < 4.78 is 31.2. The third-order valence-electron chi connectivity index (χ3n) is 1.33. The first-order valence-electron chi connectivity index (χ1n) is 3.10. The van der Waals surface area contributed by atoms with E-state index in [2.05, 4.69) is 40.3 Å². The van der Waals surface area contributed by atoms with E-state index >= 15 is 0 Å². The van der Waals surface area contributed by atoms with Gasteiger partial charge in [0.2, 0.25) is 0 Å². The fraction of sp³-hybridized carbons (Fsp3) is 0. The zero-order chi connectivity index (χ0) is 10.1. The van der Waals surface area contributed by atoms with Gasteiger partial charge in [-0.2, -0.15) is 0 Å². The van der Waals surface area contributed by atoms with Gasteiger partial charge in [-0.3, -0.25) is 0 Å². The van der Waals surface area contributed by atoms with E-state index in [1.165, 1.54) is 16.5 Å². The van der Waals surface area contributed by atoms with Gasteiger partial charge in [-0.15, -0.1) is 0 Å². The van der Waals surface area contributed by atoms with Crippen LogP contribution in [-0.4, -0.2) is 20.9 Å². The molecule has 0 bridgehead atoms. The molecular formula is C6H5AsI2O3S. The summed E-state index contributed by atoms with van der Waals surface area (Å²) in [5.74, 6) is 0. The summed E-state index contributed by atoms with van der Waals surface area (Å²) in [7, 11) is -5.04. The molecule has 1 N–H and O–H groups in total. The molecule has 0 aromatic heterocycles. The predicted molar refractivity (Wildman–Crippen MR) is 69.7 cm³/mol. The van der Waals surface area contributed by atoms with Gasteiger partial charge in [0.05, 0.1) is 0 Å². The molecule has 1 rings (SSSR count). The Morgan fingerprint density at radius 2 is 1.62 bits per heavy atom. The molecule has 7 heteroatoms. The van der Waals surface area contributed by atoms with Gasteiger partial charge in [0, 0.05) is 0 Å². The van der Waals surface area contributed by atoms with Gasteiger partial charge in [0.25, 0.3) is 0 Å². The molecule has 3 nitrogen and oxygen atoms in total. The zero-order valence-corrected chi connectivity index (χ0v) is 13.2. The monoisotopic (exact) mass is 486 g/mol. The van der Waals surface area contributed by atoms with E-state index < -0.39 is 18.1 Å². The molecule has 72 valence electrons. The fourth-order valence-corrected chi connectivity index (χ4v) is 5.34. The summed E-state index contributed by atoms with van der Waals surface area (Å²) in [4.78, 5) is -0.0418. The molecule has 1 aromatic carbocycles. The average molecular weight is 486 g/mol. The van der Waals surface area contributed by atoms with Crippen molar-refractivity contribution in [2.45, 2.75) is 4.90 Å². The summed E-state index contributed by atoms with van der Waals surface area (Å²) in [6.07, 6.45) is 0. The topological polar surface area (TPSA) is 54.4 Å². The molecule has 0 saturated carbocycles. The van der Waals surface area contributed by atoms with Crippen molar-refractivity contribution in [3.05, 3.63) is 24.3 Å². The van der Waals surface area contributed by atoms with Crippen molar-refractivity contribution in [1.29, 1.82) is 0 Å². The molecule has 0 fully saturated rings. The van der Waals surface area contributed by atoms with Crippen LogP contribution in [0.25, 0.3) is 0 Å². The summed E-state index contributed by atoms with van der Waals surface area (Å²) in [6.45, 7) is 0. The first kappa shape index (κ1) is 12.2. The average Bonchev–Trinajstić information content (AvgIpc) is 2.03. The third-order valence-corrected chi connectivity index (χ3v) is 9.43. The summed E-state index contributed by atoms with van der Waals surface area (Å²) in [6, 6.07) is 6.37. The van der Waals surface area contributed by atoms with E-state index in [0.29, 0.717) is 0 Å². The van der Waals surface area contributed by atoms with Gasteiger partial charge in [-0.1, -0.05) is 0 Å². The maximum absolute atomic E-state index is 10.7. The Balaban J connectivity index is 3.08. The number of benzene rings is 1. The van der Waals surface area contributed by atoms with Crippen molar-refractivity contribution < 1.29 is 13.0 Å². The van der Waals surface area contributed by atoms with Crippen molar-refractivity contribution in [2.24, 2.45) is 0 Å². The van der Waals surface area contributed by atoms with Crippen LogP contribution in [-0.2, 0) is 10.1 Å². The molecule has 0 spiro atoms. The van der Waals surface area contributed by atoms with Crippen LogP contribution in [0.15, 0.2) is 29.2 Å². The van der Waals surface area contributed by atoms with Crippen molar-refractivity contribution >= 4 is 62.7 Å². The van der Waals surface area contributed by atoms with E-state index in [1.807, 2.05) is 0 Å². The Kier molecular flexibility index (Phi) is 4.49. The third kappa shape index (κ3) is 3.65. The van der Waals surface area contributed by atoms with Crippen LogP contribution in [0, 0.1) is 0 Å². The van der Waals surface area contributed by atoms with Crippen LogP contribution in [0.5, 0.6) is 0 Å². The van der Waals surface area contributed by atoms with E-state index in [0.717, 1.165) is 0 Å². The Morgan fingerprint density at radius 3 is 1.92 bits per heavy atom. The molecule has 0 aliphatic heterocycles. The van der Waals surface area contributed by atoms with E-state index in [-0.39, 0.29) is 4.90 Å². The molecule has 1 aromatic rings. The number of halogens is 2. The van der Waals surface area contributed by atoms with Crippen molar-refractivity contribution in [2.75, 3.05) is 0 Å². The molecule has 0 radical (unpaired) electrons. The summed E-state index contributed by atoms with van der Waals surface area (Å²) >= 11 is 4.72. The van der Waals surface area contributed by atoms with Crippen LogP contribution in [0.3, 0.4) is 0 Å². The Bertz CT molecular complexity index is 387. The van der Waals surface area contributed by atoms with Gasteiger partial charge < -0.3 is 0 Å². The molecule has 0 amide bonds. The SMILES string of the molecule is O=S(=O)(O)c1ccc([As](I)I)cc1. The number of hydrogen-bond acceptors (Lipinski definition) is 2. The summed E-state index contributed by atoms with van der Waals surface area (Å²) in [5, 5.41) is 0. The van der Waals surface area contributed by atoms with Crippen molar-refractivity contribution in [3.63, 3.8) is 0 Å². The van der Waals surface area contributed by atoms with Crippen molar-refractivity contribution in [3.8, 4) is 0 Å². The molecule has 0 aliphatic rings. The molecule has 0 atom stereocenters. The van der Waals surface area contributed by atoms with Gasteiger partial charge in [0.15, 0.2) is 0 Å². The van der Waals surface area contributed by atoms with Gasteiger partial charge in [-0.05, 0) is 0 Å². The van der Waals surface area contributed by atoms with Crippen LogP contribution in [0.2, 0.25) is 0 Å². The van der Waals surface area contributed by atoms with Crippen LogP contribution in [0.4, 0.5) is 0 Å². The Labute approximate surface area is 103 Å². The minimum atomic E-state index is -4.03. The first-order valence-corrected chi connectivity index (χ1v) is 16.9. The van der Waals surface area contributed by atoms with Gasteiger partial charge >= 0.3 is 105 Å². The second-order valence-electron chi connectivity index (χ2n) is 2.20. The van der Waals surface area contributed by atoms with Gasteiger partial charge in [0.1, 0.15) is 0 Å². The molecule has 0 saturated heterocycles. The molecule has 0 unspecified atom stereocenters. The molecule has 13 heavy (non-hydrogen) atoms. The number of hydrogen-bond donors (Lipinski definition) is 1. The minimum absolute atomic E-state index is 0.0418. The molecule has 0 heterocycles. The quantitative estimate of drug-likeness (QED) is 0.392. The number of rotatable bonds is 2. The van der Waals surface area contributed by atoms with Gasteiger partial charge in [-0.25, -0.2) is 0 Å². The molecule has 0 aliphatic carbocycles. The van der Waals surface area contributed by atoms with Crippen LogP contribution >= 0.6 is 40.3 Å². The van der Waals surface area contributed by atoms with Crippen LogP contribution in [0.1, 0.15) is 0 Å². The summed E-state index contributed by atoms with van der Waals surface area (Å²) in [5.41, 5.74) is 0.